The minimum absolute atomic E-state index is 0.125. The topological polar surface area (TPSA) is 59.4 Å². The van der Waals surface area contributed by atoms with E-state index < -0.39 is 0 Å². The molecule has 126 valence electrons. The van der Waals surface area contributed by atoms with Gasteiger partial charge in [0.1, 0.15) is 0 Å². The number of likely N-dealkylation sites (tertiary alicyclic amines) is 1. The molecule has 0 spiro atoms. The molecule has 1 aromatic rings. The predicted octanol–water partition coefficient (Wildman–Crippen LogP) is 2.57. The van der Waals surface area contributed by atoms with Gasteiger partial charge in [-0.05, 0) is 45.6 Å². The number of Topliss-reactive ketones (excluding diaryl/α,β-unsaturated/α-hetero) is 1. The highest BCUT2D eigenvalue weighted by molar-refractivity contribution is 6.10. The molecule has 4 rings (SSSR count). The molecule has 1 saturated heterocycles. The van der Waals surface area contributed by atoms with Gasteiger partial charge in [0.2, 0.25) is 11.8 Å². The van der Waals surface area contributed by atoms with Gasteiger partial charge in [0.05, 0.1) is 18.4 Å². The average Bonchev–Trinajstić information content (AvgIpc) is 3.32. The normalized spacial score (nSPS) is 26.2. The fourth-order valence-electron chi connectivity index (χ4n) is 4.21. The van der Waals surface area contributed by atoms with Gasteiger partial charge in [0.25, 0.3) is 0 Å². The molecule has 2 atom stereocenters. The molecular formula is C19H22N2O3. The zero-order valence-electron chi connectivity index (χ0n) is 14.1. The molecule has 2 aliphatic carbocycles. The van der Waals surface area contributed by atoms with Crippen molar-refractivity contribution in [3.63, 3.8) is 0 Å². The molecular weight excluding hydrogens is 304 g/mol. The first kappa shape index (κ1) is 15.4. The number of aryl methyl sites for hydroxylation is 1. The molecule has 24 heavy (non-hydrogen) atoms. The summed E-state index contributed by atoms with van der Waals surface area (Å²) in [6.45, 7) is 3.84. The van der Waals surface area contributed by atoms with E-state index in [0.717, 1.165) is 24.2 Å². The Morgan fingerprint density at radius 1 is 1.08 bits per heavy atom. The van der Waals surface area contributed by atoms with Crippen LogP contribution in [0.15, 0.2) is 18.2 Å². The highest BCUT2D eigenvalue weighted by Crippen LogP contribution is 2.39. The number of allylic oxidation sites excluding steroid dienone is 2. The van der Waals surface area contributed by atoms with Crippen LogP contribution in [0.3, 0.4) is 0 Å². The molecule has 1 aromatic heterocycles. The van der Waals surface area contributed by atoms with Crippen molar-refractivity contribution >= 4 is 17.6 Å². The summed E-state index contributed by atoms with van der Waals surface area (Å²) in [5.41, 5.74) is 2.68. The van der Waals surface area contributed by atoms with E-state index in [9.17, 15) is 14.4 Å². The zero-order chi connectivity index (χ0) is 17.0. The first-order valence-electron chi connectivity index (χ1n) is 8.71. The lowest BCUT2D eigenvalue weighted by Gasteiger charge is -2.14. The van der Waals surface area contributed by atoms with Crippen LogP contribution < -0.4 is 0 Å². The molecule has 1 aliphatic heterocycles. The Kier molecular flexibility index (Phi) is 3.48. The minimum Gasteiger partial charge on any atom is -0.345 e. The number of rotatable bonds is 4. The molecule has 5 nitrogen and oxygen atoms in total. The van der Waals surface area contributed by atoms with Crippen LogP contribution in [-0.2, 0) is 9.59 Å². The summed E-state index contributed by atoms with van der Waals surface area (Å²) < 4.78 is 2.21. The Balaban J connectivity index is 1.55. The highest BCUT2D eigenvalue weighted by atomic mass is 16.2. The van der Waals surface area contributed by atoms with Crippen LogP contribution in [0.1, 0.15) is 53.5 Å². The van der Waals surface area contributed by atoms with Crippen molar-refractivity contribution in [1.82, 2.24) is 9.47 Å². The molecule has 3 aliphatic rings. The van der Waals surface area contributed by atoms with E-state index in [0.29, 0.717) is 24.4 Å². The quantitative estimate of drug-likeness (QED) is 0.485. The molecule has 5 heteroatoms. The maximum Gasteiger partial charge on any atom is 0.233 e. The van der Waals surface area contributed by atoms with Crippen LogP contribution in [0.25, 0.3) is 0 Å². The summed E-state index contributed by atoms with van der Waals surface area (Å²) in [6.07, 6.45) is 7.45. The van der Waals surface area contributed by atoms with Crippen LogP contribution in [0.4, 0.5) is 0 Å². The van der Waals surface area contributed by atoms with Gasteiger partial charge in [0.15, 0.2) is 5.78 Å². The van der Waals surface area contributed by atoms with Crippen molar-refractivity contribution < 1.29 is 14.4 Å². The maximum absolute atomic E-state index is 12.8. The number of hydrogen-bond donors (Lipinski definition) is 0. The Morgan fingerprint density at radius 3 is 2.21 bits per heavy atom. The second-order valence-corrected chi connectivity index (χ2v) is 7.23. The van der Waals surface area contributed by atoms with E-state index in [-0.39, 0.29) is 36.0 Å². The van der Waals surface area contributed by atoms with Crippen molar-refractivity contribution in [3.8, 4) is 0 Å². The molecule has 0 unspecified atom stereocenters. The van der Waals surface area contributed by atoms with Crippen LogP contribution in [0.5, 0.6) is 0 Å². The van der Waals surface area contributed by atoms with Crippen LogP contribution in [-0.4, -0.2) is 33.6 Å². The van der Waals surface area contributed by atoms with Gasteiger partial charge in [0, 0.05) is 23.0 Å². The molecule has 2 fully saturated rings. The van der Waals surface area contributed by atoms with Crippen molar-refractivity contribution in [2.75, 3.05) is 6.54 Å². The molecule has 2 amide bonds. The summed E-state index contributed by atoms with van der Waals surface area (Å²) >= 11 is 0. The molecule has 0 bridgehead atoms. The third kappa shape index (κ3) is 2.26. The highest BCUT2D eigenvalue weighted by Gasteiger charge is 2.47. The third-order valence-electron chi connectivity index (χ3n) is 5.60. The van der Waals surface area contributed by atoms with E-state index in [1.54, 1.807) is 0 Å². The first-order chi connectivity index (χ1) is 11.5. The average molecular weight is 326 g/mol. The molecule has 0 radical (unpaired) electrons. The number of amides is 2. The van der Waals surface area contributed by atoms with Gasteiger partial charge >= 0.3 is 0 Å². The third-order valence-corrected chi connectivity index (χ3v) is 5.60. The van der Waals surface area contributed by atoms with Gasteiger partial charge in [-0.15, -0.1) is 0 Å². The zero-order valence-corrected chi connectivity index (χ0v) is 14.1. The summed E-state index contributed by atoms with van der Waals surface area (Å²) in [5, 5.41) is 0. The first-order valence-corrected chi connectivity index (χ1v) is 8.71. The monoisotopic (exact) mass is 326 g/mol. The van der Waals surface area contributed by atoms with Crippen LogP contribution >= 0.6 is 0 Å². The smallest absolute Gasteiger partial charge is 0.233 e. The van der Waals surface area contributed by atoms with Crippen molar-refractivity contribution in [2.45, 2.75) is 45.6 Å². The van der Waals surface area contributed by atoms with Crippen molar-refractivity contribution in [2.24, 2.45) is 11.8 Å². The summed E-state index contributed by atoms with van der Waals surface area (Å²) in [5.74, 6) is -1.04. The fraction of sp³-hybridized carbons (Fsp3) is 0.526. The molecule has 0 N–H and O–H groups in total. The standard InChI is InChI=1S/C19H22N2O3/c1-11-9-16(12(2)21(11)13-7-8-13)17(22)10-20-18(23)14-5-3-4-6-15(14)19(20)24/h3-4,9,13-15H,5-8,10H2,1-2H3/t14-,15+. The molecule has 2 heterocycles. The van der Waals surface area contributed by atoms with E-state index in [1.165, 1.54) is 4.90 Å². The lowest BCUT2D eigenvalue weighted by Crippen LogP contribution is -2.36. The number of fused-ring (bicyclic) bond motifs is 1. The van der Waals surface area contributed by atoms with Gasteiger partial charge in [-0.25, -0.2) is 0 Å². The van der Waals surface area contributed by atoms with Crippen molar-refractivity contribution in [3.05, 3.63) is 35.2 Å². The number of aromatic nitrogens is 1. The Hall–Kier alpha value is -2.17. The van der Waals surface area contributed by atoms with Gasteiger partial charge < -0.3 is 4.57 Å². The number of imide groups is 1. The van der Waals surface area contributed by atoms with Gasteiger partial charge in [-0.3, -0.25) is 19.3 Å². The lowest BCUT2D eigenvalue weighted by molar-refractivity contribution is -0.139. The Labute approximate surface area is 141 Å². The summed E-state index contributed by atoms with van der Waals surface area (Å²) in [6, 6.07) is 2.41. The largest absolute Gasteiger partial charge is 0.345 e. The van der Waals surface area contributed by atoms with E-state index in [1.807, 2.05) is 32.1 Å². The van der Waals surface area contributed by atoms with Gasteiger partial charge in [-0.2, -0.15) is 0 Å². The second-order valence-electron chi connectivity index (χ2n) is 7.23. The molecule has 0 aromatic carbocycles. The molecule has 1 saturated carbocycles. The maximum atomic E-state index is 12.8. The SMILES string of the molecule is Cc1cc(C(=O)CN2C(=O)[C@H]3CC=CC[C@H]3C2=O)c(C)n1C1CC1. The Morgan fingerprint density at radius 2 is 1.67 bits per heavy atom. The number of carbonyl (C=O) groups excluding carboxylic acids is 3. The van der Waals surface area contributed by atoms with E-state index in [4.69, 9.17) is 0 Å². The fourth-order valence-corrected chi connectivity index (χ4v) is 4.21. The minimum atomic E-state index is -0.269. The Bertz CT molecular complexity index is 744. The number of hydrogen-bond acceptors (Lipinski definition) is 3. The van der Waals surface area contributed by atoms with Crippen LogP contribution in [0, 0.1) is 25.7 Å². The predicted molar refractivity (Wildman–Crippen MR) is 88.6 cm³/mol. The number of ketones is 1. The summed E-state index contributed by atoms with van der Waals surface area (Å²) in [4.78, 5) is 39.0. The number of nitrogens with zero attached hydrogens (tertiary/aromatic N) is 2. The number of carbonyl (C=O) groups is 3. The van der Waals surface area contributed by atoms with Gasteiger partial charge in [-0.1, -0.05) is 12.2 Å². The second kappa shape index (κ2) is 5.43. The van der Waals surface area contributed by atoms with Crippen LogP contribution in [0.2, 0.25) is 0 Å². The summed E-state index contributed by atoms with van der Waals surface area (Å²) in [7, 11) is 0. The lowest BCUT2D eigenvalue weighted by atomic mass is 9.85. The van der Waals surface area contributed by atoms with E-state index >= 15 is 0 Å². The van der Waals surface area contributed by atoms with E-state index in [2.05, 4.69) is 4.57 Å². The van der Waals surface area contributed by atoms with Crippen molar-refractivity contribution in [1.29, 1.82) is 0 Å².